The third-order valence-electron chi connectivity index (χ3n) is 6.11. The number of fused-ring (bicyclic) bond motifs is 10. The van der Waals surface area contributed by atoms with Gasteiger partial charge in [0.15, 0.2) is 0 Å². The van der Waals surface area contributed by atoms with Crippen LogP contribution in [0.4, 0.5) is 0 Å². The smallest absolute Gasteiger partial charge is 0.0341 e. The summed E-state index contributed by atoms with van der Waals surface area (Å²) in [6.45, 7) is 0. The van der Waals surface area contributed by atoms with Crippen LogP contribution in [0.15, 0.2) is 117 Å². The second-order valence-corrected chi connectivity index (χ2v) is 9.86. The summed E-state index contributed by atoms with van der Waals surface area (Å²) >= 11 is 3.83. The van der Waals surface area contributed by atoms with Crippen LogP contribution in [0.2, 0.25) is 0 Å². The van der Waals surface area contributed by atoms with Gasteiger partial charge in [-0.05, 0) is 55.2 Å². The summed E-state index contributed by atoms with van der Waals surface area (Å²) in [5, 5.41) is 10.6. The predicted octanol–water partition coefficient (Wildman–Crippen LogP) is 8.92. The first kappa shape index (κ1) is 16.8. The van der Waals surface area contributed by atoms with Crippen molar-refractivity contribution in [3.63, 3.8) is 0 Å². The third kappa shape index (κ3) is 2.32. The Labute approximate surface area is 182 Å². The van der Waals surface area contributed by atoms with E-state index in [0.29, 0.717) is 0 Å². The van der Waals surface area contributed by atoms with Gasteiger partial charge in [0.2, 0.25) is 0 Å². The van der Waals surface area contributed by atoms with Crippen molar-refractivity contribution in [1.29, 1.82) is 0 Å². The molecule has 0 saturated carbocycles. The van der Waals surface area contributed by atoms with Gasteiger partial charge in [-0.2, -0.15) is 0 Å². The van der Waals surface area contributed by atoms with E-state index in [0.717, 1.165) is 0 Å². The Hall–Kier alpha value is -2.94. The van der Waals surface area contributed by atoms with Crippen molar-refractivity contribution in [1.82, 2.24) is 0 Å². The first-order valence-electron chi connectivity index (χ1n) is 10.1. The Bertz CT molecular complexity index is 1650. The summed E-state index contributed by atoms with van der Waals surface area (Å²) in [6.07, 6.45) is 0. The summed E-state index contributed by atoms with van der Waals surface area (Å²) in [7, 11) is 0. The SMILES string of the molecule is c1ccc2c3c(ccc2c1)Sc1ccc2c(ccc4c5ccccc5ccc24)c1S3. The van der Waals surface area contributed by atoms with Gasteiger partial charge < -0.3 is 0 Å². The number of hydrogen-bond acceptors (Lipinski definition) is 2. The molecule has 30 heavy (non-hydrogen) atoms. The van der Waals surface area contributed by atoms with Crippen molar-refractivity contribution >= 4 is 66.6 Å². The van der Waals surface area contributed by atoms with Crippen molar-refractivity contribution in [2.45, 2.75) is 19.6 Å². The molecule has 0 unspecified atom stereocenters. The molecular formula is C28H16S2. The fourth-order valence-electron chi connectivity index (χ4n) is 4.67. The molecule has 7 rings (SSSR count). The van der Waals surface area contributed by atoms with Crippen LogP contribution in [0, 0.1) is 0 Å². The Morgan fingerprint density at radius 3 is 1.70 bits per heavy atom. The van der Waals surface area contributed by atoms with Crippen molar-refractivity contribution in [3.8, 4) is 0 Å². The van der Waals surface area contributed by atoms with Gasteiger partial charge in [0, 0.05) is 19.6 Å². The number of benzene rings is 6. The lowest BCUT2D eigenvalue weighted by molar-refractivity contribution is 1.21. The molecule has 0 fully saturated rings. The standard InChI is InChI=1S/C28H16S2/c1-3-7-19-17(5-1)9-11-22-21(19)12-13-24-23(22)14-16-26-28(24)30-27-20-8-4-2-6-18(20)10-15-25(27)29-26/h1-16H. The van der Waals surface area contributed by atoms with Crippen molar-refractivity contribution < 1.29 is 0 Å². The normalized spacial score (nSPS) is 13.1. The van der Waals surface area contributed by atoms with E-state index in [4.69, 9.17) is 0 Å². The van der Waals surface area contributed by atoms with Crippen molar-refractivity contribution in [2.75, 3.05) is 0 Å². The third-order valence-corrected chi connectivity index (χ3v) is 8.77. The lowest BCUT2D eigenvalue weighted by Gasteiger charge is -2.22. The average molecular weight is 417 g/mol. The van der Waals surface area contributed by atoms with Gasteiger partial charge in [-0.25, -0.2) is 0 Å². The molecule has 0 radical (unpaired) electrons. The van der Waals surface area contributed by atoms with Crippen LogP contribution in [0.5, 0.6) is 0 Å². The first-order valence-corrected chi connectivity index (χ1v) is 11.7. The summed E-state index contributed by atoms with van der Waals surface area (Å²) < 4.78 is 0. The Kier molecular flexibility index (Phi) is 3.52. The van der Waals surface area contributed by atoms with Gasteiger partial charge in [0.05, 0.1) is 0 Å². The highest BCUT2D eigenvalue weighted by Gasteiger charge is 2.21. The lowest BCUT2D eigenvalue weighted by Crippen LogP contribution is -1.92. The summed E-state index contributed by atoms with van der Waals surface area (Å²) in [4.78, 5) is 5.49. The van der Waals surface area contributed by atoms with Crippen LogP contribution in [0.1, 0.15) is 0 Å². The minimum atomic E-state index is 1.30. The van der Waals surface area contributed by atoms with Crippen LogP contribution in [0.3, 0.4) is 0 Å². The maximum Gasteiger partial charge on any atom is 0.0341 e. The number of rotatable bonds is 0. The van der Waals surface area contributed by atoms with Crippen LogP contribution in [-0.2, 0) is 0 Å². The summed E-state index contributed by atoms with van der Waals surface area (Å²) in [5.41, 5.74) is 0. The minimum Gasteiger partial charge on any atom is -0.0877 e. The van der Waals surface area contributed by atoms with Crippen LogP contribution >= 0.6 is 23.5 Å². The molecular weight excluding hydrogens is 400 g/mol. The van der Waals surface area contributed by atoms with E-state index in [1.165, 1.54) is 62.7 Å². The molecule has 1 heterocycles. The molecule has 140 valence electrons. The molecule has 6 aromatic carbocycles. The van der Waals surface area contributed by atoms with Gasteiger partial charge in [0.25, 0.3) is 0 Å². The van der Waals surface area contributed by atoms with E-state index in [1.807, 2.05) is 23.5 Å². The van der Waals surface area contributed by atoms with Crippen molar-refractivity contribution in [2.24, 2.45) is 0 Å². The molecule has 0 saturated heterocycles. The Balaban J connectivity index is 1.52. The van der Waals surface area contributed by atoms with Gasteiger partial charge in [-0.1, -0.05) is 108 Å². The molecule has 0 aromatic heterocycles. The maximum absolute atomic E-state index is 2.33. The van der Waals surface area contributed by atoms with Gasteiger partial charge >= 0.3 is 0 Å². The molecule has 1 aliphatic rings. The van der Waals surface area contributed by atoms with Gasteiger partial charge in [-0.3, -0.25) is 0 Å². The highest BCUT2D eigenvalue weighted by Crippen LogP contribution is 2.53. The highest BCUT2D eigenvalue weighted by molar-refractivity contribution is 8.05. The van der Waals surface area contributed by atoms with E-state index in [1.54, 1.807) is 0 Å². The molecule has 0 amide bonds. The average Bonchev–Trinajstić information content (AvgIpc) is 2.82. The van der Waals surface area contributed by atoms with Crippen LogP contribution < -0.4 is 0 Å². The maximum atomic E-state index is 2.33. The van der Waals surface area contributed by atoms with E-state index in [2.05, 4.69) is 97.1 Å². The molecule has 0 N–H and O–H groups in total. The zero-order valence-electron chi connectivity index (χ0n) is 16.1. The molecule has 2 heteroatoms. The zero-order valence-corrected chi connectivity index (χ0v) is 17.7. The molecule has 6 aromatic rings. The fraction of sp³-hybridized carbons (Fsp3) is 0. The highest BCUT2D eigenvalue weighted by atomic mass is 32.2. The Morgan fingerprint density at radius 1 is 0.333 bits per heavy atom. The second kappa shape index (κ2) is 6.28. The predicted molar refractivity (Wildman–Crippen MR) is 131 cm³/mol. The van der Waals surface area contributed by atoms with Crippen LogP contribution in [-0.4, -0.2) is 0 Å². The van der Waals surface area contributed by atoms with Gasteiger partial charge in [0.1, 0.15) is 0 Å². The van der Waals surface area contributed by atoms with Crippen molar-refractivity contribution in [3.05, 3.63) is 97.1 Å². The van der Waals surface area contributed by atoms with E-state index in [-0.39, 0.29) is 0 Å². The lowest BCUT2D eigenvalue weighted by atomic mass is 9.97. The molecule has 0 nitrogen and oxygen atoms in total. The molecule has 1 aliphatic heterocycles. The monoisotopic (exact) mass is 416 g/mol. The fourth-order valence-corrected chi connectivity index (χ4v) is 7.21. The zero-order chi connectivity index (χ0) is 19.7. The molecule has 0 bridgehead atoms. The topological polar surface area (TPSA) is 0 Å². The molecule has 0 aliphatic carbocycles. The first-order chi connectivity index (χ1) is 14.9. The summed E-state index contributed by atoms with van der Waals surface area (Å²) in [5.74, 6) is 0. The quantitative estimate of drug-likeness (QED) is 0.226. The minimum absolute atomic E-state index is 1.30. The molecule has 0 spiro atoms. The largest absolute Gasteiger partial charge is 0.0877 e. The number of hydrogen-bond donors (Lipinski definition) is 0. The summed E-state index contributed by atoms with van der Waals surface area (Å²) in [6, 6.07) is 35.7. The second-order valence-electron chi connectivity index (χ2n) is 7.75. The molecule has 0 atom stereocenters. The van der Waals surface area contributed by atoms with Crippen LogP contribution in [0.25, 0.3) is 43.1 Å². The van der Waals surface area contributed by atoms with Gasteiger partial charge in [-0.15, -0.1) is 0 Å². The van der Waals surface area contributed by atoms with E-state index in [9.17, 15) is 0 Å². The van der Waals surface area contributed by atoms with E-state index < -0.39 is 0 Å². The van der Waals surface area contributed by atoms with E-state index >= 15 is 0 Å². The Morgan fingerprint density at radius 2 is 0.833 bits per heavy atom.